The molecule has 2 aromatic rings. The average Bonchev–Trinajstić information content (AvgIpc) is 2.93. The minimum atomic E-state index is -0.0196. The van der Waals surface area contributed by atoms with Crippen molar-refractivity contribution in [2.75, 3.05) is 25.0 Å². The van der Waals surface area contributed by atoms with Gasteiger partial charge in [-0.05, 0) is 25.2 Å². The lowest BCUT2D eigenvalue weighted by Crippen LogP contribution is -2.32. The molecule has 0 radical (unpaired) electrons. The fraction of sp³-hybridized carbons (Fsp3) is 0.333. The van der Waals surface area contributed by atoms with Crippen LogP contribution >= 0.6 is 27.3 Å². The van der Waals surface area contributed by atoms with Gasteiger partial charge in [-0.15, -0.1) is 11.3 Å². The van der Waals surface area contributed by atoms with Crippen LogP contribution < -0.4 is 5.32 Å². The molecule has 1 amide bonds. The molecule has 0 unspecified atom stereocenters. The summed E-state index contributed by atoms with van der Waals surface area (Å²) in [6.07, 6.45) is 0. The highest BCUT2D eigenvalue weighted by atomic mass is 79.9. The van der Waals surface area contributed by atoms with Crippen LogP contribution in [0.4, 0.5) is 5.13 Å². The predicted molar refractivity (Wildman–Crippen MR) is 91.7 cm³/mol. The highest BCUT2D eigenvalue weighted by Crippen LogP contribution is 2.26. The van der Waals surface area contributed by atoms with Crippen molar-refractivity contribution in [2.24, 2.45) is 0 Å². The molecule has 21 heavy (non-hydrogen) atoms. The molecule has 0 saturated heterocycles. The molecule has 0 aliphatic heterocycles. The van der Waals surface area contributed by atoms with Gasteiger partial charge >= 0.3 is 0 Å². The number of likely N-dealkylation sites (N-methyl/N-ethyl adjacent to an activating group) is 1. The van der Waals surface area contributed by atoms with Crippen molar-refractivity contribution in [1.82, 2.24) is 9.88 Å². The summed E-state index contributed by atoms with van der Waals surface area (Å²) in [6.45, 7) is 6.23. The molecule has 0 atom stereocenters. The van der Waals surface area contributed by atoms with Crippen molar-refractivity contribution in [2.45, 2.75) is 13.8 Å². The van der Waals surface area contributed by atoms with Crippen molar-refractivity contribution in [3.63, 3.8) is 0 Å². The van der Waals surface area contributed by atoms with Gasteiger partial charge in [0.15, 0.2) is 5.13 Å². The van der Waals surface area contributed by atoms with Gasteiger partial charge in [0, 0.05) is 15.4 Å². The second-order valence-electron chi connectivity index (χ2n) is 4.56. The van der Waals surface area contributed by atoms with E-state index in [1.807, 2.05) is 43.5 Å². The van der Waals surface area contributed by atoms with Crippen LogP contribution in [0.5, 0.6) is 0 Å². The Morgan fingerprint density at radius 1 is 1.38 bits per heavy atom. The highest BCUT2D eigenvalue weighted by Gasteiger charge is 2.10. The number of anilines is 1. The van der Waals surface area contributed by atoms with E-state index in [-0.39, 0.29) is 5.91 Å². The number of hydrogen-bond donors (Lipinski definition) is 1. The molecular weight excluding hydrogens is 350 g/mol. The van der Waals surface area contributed by atoms with E-state index < -0.39 is 0 Å². The van der Waals surface area contributed by atoms with E-state index in [0.717, 1.165) is 28.8 Å². The zero-order chi connectivity index (χ0) is 15.2. The number of hydrogen-bond acceptors (Lipinski definition) is 4. The molecule has 1 aromatic heterocycles. The van der Waals surface area contributed by atoms with E-state index in [2.05, 4.69) is 31.1 Å². The maximum atomic E-state index is 11.9. The Labute approximate surface area is 137 Å². The molecule has 1 N–H and O–H groups in total. The zero-order valence-corrected chi connectivity index (χ0v) is 14.5. The van der Waals surface area contributed by atoms with Gasteiger partial charge in [-0.1, -0.05) is 41.9 Å². The summed E-state index contributed by atoms with van der Waals surface area (Å²) in [7, 11) is 0. The lowest BCUT2D eigenvalue weighted by molar-refractivity contribution is -0.117. The van der Waals surface area contributed by atoms with E-state index in [0.29, 0.717) is 11.7 Å². The van der Waals surface area contributed by atoms with Crippen LogP contribution in [0.3, 0.4) is 0 Å². The van der Waals surface area contributed by atoms with E-state index >= 15 is 0 Å². The average molecular weight is 368 g/mol. The van der Waals surface area contributed by atoms with Gasteiger partial charge in [0.25, 0.3) is 0 Å². The van der Waals surface area contributed by atoms with Crippen molar-refractivity contribution >= 4 is 38.3 Å². The number of halogens is 1. The van der Waals surface area contributed by atoms with Gasteiger partial charge in [-0.3, -0.25) is 9.69 Å². The number of carbonyl (C=O) groups is 1. The Bertz CT molecular complexity index is 610. The van der Waals surface area contributed by atoms with Gasteiger partial charge in [0.1, 0.15) is 0 Å². The third-order valence-corrected chi connectivity index (χ3v) is 4.38. The summed E-state index contributed by atoms with van der Waals surface area (Å²) in [6, 6.07) is 7.96. The van der Waals surface area contributed by atoms with Gasteiger partial charge in [-0.25, -0.2) is 4.98 Å². The number of benzene rings is 1. The Balaban J connectivity index is 2.02. The lowest BCUT2D eigenvalue weighted by atomic mass is 10.2. The molecule has 0 bridgehead atoms. The first kappa shape index (κ1) is 16.1. The molecule has 0 spiro atoms. The summed E-state index contributed by atoms with van der Waals surface area (Å²) in [5.41, 5.74) is 1.91. The summed E-state index contributed by atoms with van der Waals surface area (Å²) in [5.74, 6) is -0.0196. The van der Waals surface area contributed by atoms with Crippen molar-refractivity contribution in [1.29, 1.82) is 0 Å². The molecule has 1 heterocycles. The quantitative estimate of drug-likeness (QED) is 0.842. The SMILES string of the molecule is CCN(CC)CC(=O)Nc1nc(-c2cccc(Br)c2)cs1. The summed E-state index contributed by atoms with van der Waals surface area (Å²) in [4.78, 5) is 18.5. The van der Waals surface area contributed by atoms with E-state index in [4.69, 9.17) is 0 Å². The largest absolute Gasteiger partial charge is 0.301 e. The third-order valence-electron chi connectivity index (χ3n) is 3.13. The number of carbonyl (C=O) groups excluding carboxylic acids is 1. The minimum Gasteiger partial charge on any atom is -0.301 e. The standard InChI is InChI=1S/C15H18BrN3OS/c1-3-19(4-2)9-14(20)18-15-17-13(10-21-15)11-6-5-7-12(16)8-11/h5-8,10H,3-4,9H2,1-2H3,(H,17,18,20). The normalized spacial score (nSPS) is 10.9. The molecule has 1 aromatic carbocycles. The molecule has 2 rings (SSSR count). The van der Waals surface area contributed by atoms with Crippen molar-refractivity contribution < 1.29 is 4.79 Å². The van der Waals surface area contributed by atoms with Gasteiger partial charge < -0.3 is 5.32 Å². The first-order valence-corrected chi connectivity index (χ1v) is 8.53. The Hall–Kier alpha value is -1.24. The first-order valence-electron chi connectivity index (χ1n) is 6.86. The van der Waals surface area contributed by atoms with Crippen LogP contribution in [0.15, 0.2) is 34.1 Å². The number of aromatic nitrogens is 1. The van der Waals surface area contributed by atoms with Crippen LogP contribution in [0.2, 0.25) is 0 Å². The second-order valence-corrected chi connectivity index (χ2v) is 6.33. The molecule has 0 saturated carbocycles. The van der Waals surface area contributed by atoms with Crippen LogP contribution in [-0.2, 0) is 4.79 Å². The van der Waals surface area contributed by atoms with Crippen molar-refractivity contribution in [3.8, 4) is 11.3 Å². The Morgan fingerprint density at radius 3 is 2.81 bits per heavy atom. The Kier molecular flexibility index (Phi) is 5.90. The number of amides is 1. The Morgan fingerprint density at radius 2 is 2.14 bits per heavy atom. The fourth-order valence-electron chi connectivity index (χ4n) is 1.92. The molecule has 4 nitrogen and oxygen atoms in total. The maximum Gasteiger partial charge on any atom is 0.240 e. The summed E-state index contributed by atoms with van der Waals surface area (Å²) < 4.78 is 1.01. The van der Waals surface area contributed by atoms with Crippen LogP contribution in [0, 0.1) is 0 Å². The van der Waals surface area contributed by atoms with Crippen LogP contribution in [0.25, 0.3) is 11.3 Å². The van der Waals surface area contributed by atoms with Gasteiger partial charge in [0.05, 0.1) is 12.2 Å². The number of thiazole rings is 1. The zero-order valence-electron chi connectivity index (χ0n) is 12.1. The molecule has 0 aliphatic rings. The first-order chi connectivity index (χ1) is 10.1. The summed E-state index contributed by atoms with van der Waals surface area (Å²) in [5, 5.41) is 5.45. The third kappa shape index (κ3) is 4.62. The van der Waals surface area contributed by atoms with Crippen LogP contribution in [0.1, 0.15) is 13.8 Å². The van der Waals surface area contributed by atoms with Gasteiger partial charge in [-0.2, -0.15) is 0 Å². The molecule has 0 fully saturated rings. The monoisotopic (exact) mass is 367 g/mol. The number of nitrogens with one attached hydrogen (secondary N) is 1. The minimum absolute atomic E-state index is 0.0196. The topological polar surface area (TPSA) is 45.2 Å². The second kappa shape index (κ2) is 7.68. The fourth-order valence-corrected chi connectivity index (χ4v) is 3.06. The molecule has 6 heteroatoms. The summed E-state index contributed by atoms with van der Waals surface area (Å²) >= 11 is 4.89. The predicted octanol–water partition coefficient (Wildman–Crippen LogP) is 3.85. The lowest BCUT2D eigenvalue weighted by Gasteiger charge is -2.16. The molecule has 0 aliphatic carbocycles. The number of nitrogens with zero attached hydrogens (tertiary/aromatic N) is 2. The van der Waals surface area contributed by atoms with Crippen molar-refractivity contribution in [3.05, 3.63) is 34.1 Å². The van der Waals surface area contributed by atoms with Gasteiger partial charge in [0.2, 0.25) is 5.91 Å². The van der Waals surface area contributed by atoms with E-state index in [1.54, 1.807) is 0 Å². The molecule has 112 valence electrons. The molecular formula is C15H18BrN3OS. The van der Waals surface area contributed by atoms with E-state index in [1.165, 1.54) is 11.3 Å². The number of rotatable bonds is 6. The van der Waals surface area contributed by atoms with E-state index in [9.17, 15) is 4.79 Å². The highest BCUT2D eigenvalue weighted by molar-refractivity contribution is 9.10. The smallest absolute Gasteiger partial charge is 0.240 e. The van der Waals surface area contributed by atoms with Crippen LogP contribution in [-0.4, -0.2) is 35.4 Å². The maximum absolute atomic E-state index is 11.9.